The highest BCUT2D eigenvalue weighted by Gasteiger charge is 2.32. The van der Waals surface area contributed by atoms with Gasteiger partial charge in [0.2, 0.25) is 0 Å². The van der Waals surface area contributed by atoms with E-state index in [0.29, 0.717) is 5.56 Å². The van der Waals surface area contributed by atoms with Crippen LogP contribution in [-0.4, -0.2) is 24.2 Å². The third-order valence-electron chi connectivity index (χ3n) is 2.54. The Morgan fingerprint density at radius 3 is 2.33 bits per heavy atom. The first-order chi connectivity index (χ1) is 8.42. The van der Waals surface area contributed by atoms with E-state index >= 15 is 0 Å². The molecule has 102 valence electrons. The van der Waals surface area contributed by atoms with Crippen LogP contribution in [0.4, 0.5) is 13.2 Å². The van der Waals surface area contributed by atoms with Gasteiger partial charge in [0.05, 0.1) is 6.42 Å². The van der Waals surface area contributed by atoms with Crippen LogP contribution in [0.15, 0.2) is 30.3 Å². The molecule has 1 rings (SSSR count). The molecule has 0 heterocycles. The minimum Gasteiger partial charge on any atom is -0.306 e. The molecule has 0 bridgehead atoms. The minimum absolute atomic E-state index is 0.0487. The van der Waals surface area contributed by atoms with Gasteiger partial charge in [-0.05, 0) is 18.7 Å². The summed E-state index contributed by atoms with van der Waals surface area (Å²) >= 11 is 1.62. The van der Waals surface area contributed by atoms with Crippen molar-refractivity contribution in [1.29, 1.82) is 0 Å². The van der Waals surface area contributed by atoms with Crippen molar-refractivity contribution in [3.05, 3.63) is 35.9 Å². The Morgan fingerprint density at radius 2 is 1.83 bits per heavy atom. The molecule has 0 aliphatic carbocycles. The molecule has 0 radical (unpaired) electrons. The van der Waals surface area contributed by atoms with Gasteiger partial charge in [-0.3, -0.25) is 0 Å². The fourth-order valence-corrected chi connectivity index (χ4v) is 2.43. The Hall–Kier alpha value is -0.680. The van der Waals surface area contributed by atoms with E-state index in [-0.39, 0.29) is 6.04 Å². The highest BCUT2D eigenvalue weighted by molar-refractivity contribution is 7.98. The monoisotopic (exact) mass is 277 g/mol. The largest absolute Gasteiger partial charge is 0.390 e. The highest BCUT2D eigenvalue weighted by atomic mass is 32.2. The van der Waals surface area contributed by atoms with Gasteiger partial charge in [-0.1, -0.05) is 30.3 Å². The molecule has 0 saturated heterocycles. The molecule has 18 heavy (non-hydrogen) atoms. The number of thioether (sulfide) groups is 1. The normalized spacial score (nSPS) is 15.4. The molecule has 5 heteroatoms. The van der Waals surface area contributed by atoms with Crippen LogP contribution in [0.25, 0.3) is 0 Å². The number of rotatable bonds is 6. The smallest absolute Gasteiger partial charge is 0.306 e. The predicted molar refractivity (Wildman–Crippen MR) is 70.8 cm³/mol. The first-order valence-electron chi connectivity index (χ1n) is 5.79. The Labute approximate surface area is 110 Å². The quantitative estimate of drug-likeness (QED) is 0.843. The molecule has 2 atom stereocenters. The van der Waals surface area contributed by atoms with Gasteiger partial charge in [0.1, 0.15) is 0 Å². The lowest BCUT2D eigenvalue weighted by atomic mass is 10.0. The topological polar surface area (TPSA) is 12.0 Å². The van der Waals surface area contributed by atoms with Crippen molar-refractivity contribution < 1.29 is 13.2 Å². The summed E-state index contributed by atoms with van der Waals surface area (Å²) in [6.07, 6.45) is -3.05. The number of hydrogen-bond donors (Lipinski definition) is 1. The third-order valence-corrected chi connectivity index (χ3v) is 3.37. The van der Waals surface area contributed by atoms with Gasteiger partial charge in [0.25, 0.3) is 0 Å². The molecule has 2 unspecified atom stereocenters. The lowest BCUT2D eigenvalue weighted by Crippen LogP contribution is -2.34. The second-order valence-corrected chi connectivity index (χ2v) is 5.22. The maximum Gasteiger partial charge on any atom is 0.390 e. The van der Waals surface area contributed by atoms with Gasteiger partial charge in [-0.2, -0.15) is 24.9 Å². The van der Waals surface area contributed by atoms with E-state index < -0.39 is 18.6 Å². The molecule has 0 aliphatic rings. The summed E-state index contributed by atoms with van der Waals surface area (Å²) in [5, 5.41) is 3.05. The number of hydrogen-bond acceptors (Lipinski definition) is 2. The predicted octanol–water partition coefficient (Wildman–Crippen LogP) is 4.02. The maximum atomic E-state index is 12.6. The van der Waals surface area contributed by atoms with Crippen LogP contribution in [0.1, 0.15) is 24.9 Å². The molecule has 1 aromatic carbocycles. The molecular weight excluding hydrogens is 259 g/mol. The van der Waals surface area contributed by atoms with Gasteiger partial charge in [-0.15, -0.1) is 0 Å². The van der Waals surface area contributed by atoms with E-state index in [4.69, 9.17) is 0 Å². The third kappa shape index (κ3) is 5.78. The summed E-state index contributed by atoms with van der Waals surface area (Å²) in [5.41, 5.74) is 0.683. The Kier molecular flexibility index (Phi) is 6.02. The van der Waals surface area contributed by atoms with Crippen molar-refractivity contribution in [2.45, 2.75) is 31.6 Å². The molecule has 0 saturated carbocycles. The van der Waals surface area contributed by atoms with Gasteiger partial charge < -0.3 is 5.32 Å². The molecule has 1 aromatic rings. The molecule has 1 N–H and O–H groups in total. The zero-order chi connectivity index (χ0) is 13.6. The minimum atomic E-state index is -4.16. The molecule has 0 aromatic heterocycles. The Bertz CT molecular complexity index is 340. The van der Waals surface area contributed by atoms with Crippen LogP contribution in [0.3, 0.4) is 0 Å². The number of benzene rings is 1. The van der Waals surface area contributed by atoms with Crippen LogP contribution >= 0.6 is 11.8 Å². The van der Waals surface area contributed by atoms with E-state index in [1.54, 1.807) is 42.1 Å². The van der Waals surface area contributed by atoms with Crippen LogP contribution < -0.4 is 5.32 Å². The van der Waals surface area contributed by atoms with Gasteiger partial charge in [0.15, 0.2) is 0 Å². The summed E-state index contributed by atoms with van der Waals surface area (Å²) in [4.78, 5) is 0. The average molecular weight is 277 g/mol. The lowest BCUT2D eigenvalue weighted by Gasteiger charge is -2.24. The van der Waals surface area contributed by atoms with E-state index in [0.717, 1.165) is 5.75 Å². The summed E-state index contributed by atoms with van der Waals surface area (Å²) < 4.78 is 37.7. The van der Waals surface area contributed by atoms with E-state index in [2.05, 4.69) is 5.32 Å². The Balaban J connectivity index is 2.76. The van der Waals surface area contributed by atoms with Crippen molar-refractivity contribution in [3.8, 4) is 0 Å². The van der Waals surface area contributed by atoms with Crippen molar-refractivity contribution in [2.75, 3.05) is 12.0 Å². The van der Waals surface area contributed by atoms with Crippen LogP contribution in [0, 0.1) is 0 Å². The fraction of sp³-hybridized carbons (Fsp3) is 0.538. The molecule has 0 amide bonds. The summed E-state index contributed by atoms with van der Waals surface area (Å²) in [6, 6.07) is 8.17. The first kappa shape index (κ1) is 15.4. The van der Waals surface area contributed by atoms with Crippen molar-refractivity contribution in [2.24, 2.45) is 0 Å². The van der Waals surface area contributed by atoms with Crippen molar-refractivity contribution in [3.63, 3.8) is 0 Å². The average Bonchev–Trinajstić information content (AvgIpc) is 2.28. The second-order valence-electron chi connectivity index (χ2n) is 4.31. The molecule has 0 spiro atoms. The van der Waals surface area contributed by atoms with E-state index in [9.17, 15) is 13.2 Å². The first-order valence-corrected chi connectivity index (χ1v) is 7.18. The highest BCUT2D eigenvalue weighted by Crippen LogP contribution is 2.29. The summed E-state index contributed by atoms with van der Waals surface area (Å²) in [5.74, 6) is 0.793. The zero-order valence-corrected chi connectivity index (χ0v) is 11.3. The summed E-state index contributed by atoms with van der Waals surface area (Å²) in [6.45, 7) is 1.91. The summed E-state index contributed by atoms with van der Waals surface area (Å²) in [7, 11) is 0. The number of alkyl halides is 3. The lowest BCUT2D eigenvalue weighted by molar-refractivity contribution is -0.140. The van der Waals surface area contributed by atoms with E-state index in [1.165, 1.54) is 0 Å². The van der Waals surface area contributed by atoms with Crippen LogP contribution in [0.2, 0.25) is 0 Å². The number of nitrogens with one attached hydrogen (secondary N) is 1. The maximum absolute atomic E-state index is 12.6. The molecule has 0 fully saturated rings. The van der Waals surface area contributed by atoms with Crippen LogP contribution in [0.5, 0.6) is 0 Å². The molecule has 0 aliphatic heterocycles. The Morgan fingerprint density at radius 1 is 1.22 bits per heavy atom. The van der Waals surface area contributed by atoms with Crippen LogP contribution in [-0.2, 0) is 0 Å². The molecular formula is C13H18F3NS. The standard InChI is InChI=1S/C13H18F3NS/c1-10(9-18-2)17-12(8-13(14,15)16)11-6-4-3-5-7-11/h3-7,10,12,17H,8-9H2,1-2H3. The van der Waals surface area contributed by atoms with Gasteiger partial charge >= 0.3 is 6.18 Å². The van der Waals surface area contributed by atoms with Crippen molar-refractivity contribution >= 4 is 11.8 Å². The van der Waals surface area contributed by atoms with Gasteiger partial charge in [0, 0.05) is 17.8 Å². The number of halogens is 3. The second kappa shape index (κ2) is 7.04. The zero-order valence-electron chi connectivity index (χ0n) is 10.5. The van der Waals surface area contributed by atoms with Crippen molar-refractivity contribution in [1.82, 2.24) is 5.32 Å². The molecule has 1 nitrogen and oxygen atoms in total. The van der Waals surface area contributed by atoms with E-state index in [1.807, 2.05) is 13.2 Å². The fourth-order valence-electron chi connectivity index (χ4n) is 1.83. The SMILES string of the molecule is CSCC(C)NC(CC(F)(F)F)c1ccccc1. The van der Waals surface area contributed by atoms with Gasteiger partial charge in [-0.25, -0.2) is 0 Å².